The molecule has 0 bridgehead atoms. The zero-order valence-corrected chi connectivity index (χ0v) is 11.6. The molecule has 7 heteroatoms. The Balaban J connectivity index is 2.82. The zero-order chi connectivity index (χ0) is 15.1. The van der Waals surface area contributed by atoms with E-state index in [9.17, 15) is 14.9 Å². The molecule has 1 heterocycles. The van der Waals surface area contributed by atoms with Gasteiger partial charge >= 0.3 is 11.8 Å². The van der Waals surface area contributed by atoms with Crippen LogP contribution in [0.15, 0.2) is 23.8 Å². The molecule has 0 spiro atoms. The predicted molar refractivity (Wildman–Crippen MR) is 71.5 cm³/mol. The van der Waals surface area contributed by atoms with Crippen LogP contribution in [0.5, 0.6) is 5.75 Å². The summed E-state index contributed by atoms with van der Waals surface area (Å²) in [6.45, 7) is 3.49. The summed E-state index contributed by atoms with van der Waals surface area (Å²) in [5, 5.41) is 10.9. The van der Waals surface area contributed by atoms with Gasteiger partial charge in [0.2, 0.25) is 5.75 Å². The Labute approximate surface area is 116 Å². The van der Waals surface area contributed by atoms with E-state index in [4.69, 9.17) is 4.74 Å². The highest BCUT2D eigenvalue weighted by atomic mass is 16.6. The zero-order valence-electron chi connectivity index (χ0n) is 11.6. The Bertz CT molecular complexity index is 540. The number of hydrogen-bond donors (Lipinski definition) is 0. The Morgan fingerprint density at radius 1 is 1.50 bits per heavy atom. The molecule has 1 aromatic rings. The van der Waals surface area contributed by atoms with Gasteiger partial charge in [-0.25, -0.2) is 4.79 Å². The van der Waals surface area contributed by atoms with E-state index in [1.54, 1.807) is 19.9 Å². The number of carbonyl (C=O) groups excluding carboxylic acids is 1. The second kappa shape index (κ2) is 7.22. The third-order valence-electron chi connectivity index (χ3n) is 2.55. The van der Waals surface area contributed by atoms with Crippen LogP contribution >= 0.6 is 0 Å². The minimum absolute atomic E-state index is 0.0316. The number of aromatic nitrogens is 1. The van der Waals surface area contributed by atoms with Crippen LogP contribution in [0.4, 0.5) is 5.82 Å². The molecule has 0 aliphatic rings. The number of aryl methyl sites for hydroxylation is 1. The number of esters is 1. The summed E-state index contributed by atoms with van der Waals surface area (Å²) in [4.78, 5) is 25.4. The summed E-state index contributed by atoms with van der Waals surface area (Å²) in [5.74, 6) is -0.709. The summed E-state index contributed by atoms with van der Waals surface area (Å²) >= 11 is 0. The lowest BCUT2D eigenvalue weighted by Gasteiger charge is -2.05. The molecule has 20 heavy (non-hydrogen) atoms. The largest absolute Gasteiger partial charge is 0.481 e. The number of rotatable bonds is 6. The first-order valence-corrected chi connectivity index (χ1v) is 6.01. The molecule has 0 fully saturated rings. The third kappa shape index (κ3) is 4.04. The molecule has 0 aliphatic carbocycles. The minimum atomic E-state index is -0.604. The molecule has 7 nitrogen and oxygen atoms in total. The molecule has 0 aliphatic heterocycles. The van der Waals surface area contributed by atoms with E-state index in [-0.39, 0.29) is 18.2 Å². The number of methoxy groups -OCH3 is 1. The van der Waals surface area contributed by atoms with Crippen LogP contribution in [-0.4, -0.2) is 29.6 Å². The van der Waals surface area contributed by atoms with Crippen LogP contribution in [0.3, 0.4) is 0 Å². The van der Waals surface area contributed by atoms with E-state index in [0.717, 1.165) is 0 Å². The van der Waals surface area contributed by atoms with Gasteiger partial charge in [-0.05, 0) is 34.5 Å². The molecule has 0 amide bonds. The van der Waals surface area contributed by atoms with Crippen LogP contribution in [0.1, 0.15) is 19.0 Å². The molecule has 1 aromatic heterocycles. The fourth-order valence-corrected chi connectivity index (χ4v) is 1.51. The van der Waals surface area contributed by atoms with Gasteiger partial charge < -0.3 is 19.6 Å². The maximum absolute atomic E-state index is 11.3. The van der Waals surface area contributed by atoms with Gasteiger partial charge in [0.1, 0.15) is 12.3 Å². The second-order valence-corrected chi connectivity index (χ2v) is 3.92. The van der Waals surface area contributed by atoms with Gasteiger partial charge in [-0.1, -0.05) is 6.92 Å². The monoisotopic (exact) mass is 280 g/mol. The van der Waals surface area contributed by atoms with Crippen LogP contribution in [0.25, 0.3) is 0 Å². The quantitative estimate of drug-likeness (QED) is 0.343. The van der Waals surface area contributed by atoms with Crippen molar-refractivity contribution in [1.82, 2.24) is 4.98 Å². The lowest BCUT2D eigenvalue weighted by molar-refractivity contribution is -0.390. The van der Waals surface area contributed by atoms with Crippen molar-refractivity contribution in [3.05, 3.63) is 39.6 Å². The maximum Gasteiger partial charge on any atom is 0.406 e. The number of ether oxygens (including phenoxy) is 2. The molecule has 108 valence electrons. The van der Waals surface area contributed by atoms with Crippen LogP contribution in [0.2, 0.25) is 0 Å². The summed E-state index contributed by atoms with van der Waals surface area (Å²) < 4.78 is 9.89. The lowest BCUT2D eigenvalue weighted by Crippen LogP contribution is -2.07. The summed E-state index contributed by atoms with van der Waals surface area (Å²) in [6, 6.07) is 3.10. The highest BCUT2D eigenvalue weighted by Gasteiger charge is 2.17. The summed E-state index contributed by atoms with van der Waals surface area (Å²) in [5.41, 5.74) is 0.985. The highest BCUT2D eigenvalue weighted by molar-refractivity contribution is 5.88. The van der Waals surface area contributed by atoms with Crippen molar-refractivity contribution in [2.45, 2.75) is 20.3 Å². The fourth-order valence-electron chi connectivity index (χ4n) is 1.51. The number of nitro groups is 1. The first kappa shape index (κ1) is 15.6. The molecule has 0 aromatic carbocycles. The van der Waals surface area contributed by atoms with Crippen molar-refractivity contribution in [1.29, 1.82) is 0 Å². The van der Waals surface area contributed by atoms with Crippen molar-refractivity contribution in [2.75, 3.05) is 13.7 Å². The van der Waals surface area contributed by atoms with Gasteiger partial charge in [-0.15, -0.1) is 0 Å². The minimum Gasteiger partial charge on any atom is -0.481 e. The van der Waals surface area contributed by atoms with Crippen LogP contribution < -0.4 is 4.74 Å². The van der Waals surface area contributed by atoms with Crippen molar-refractivity contribution in [3.8, 4) is 5.75 Å². The van der Waals surface area contributed by atoms with Gasteiger partial charge in [-0.3, -0.25) is 0 Å². The van der Waals surface area contributed by atoms with Gasteiger partial charge in [0.15, 0.2) is 0 Å². The van der Waals surface area contributed by atoms with E-state index >= 15 is 0 Å². The molecule has 0 N–H and O–H groups in total. The van der Waals surface area contributed by atoms with Crippen LogP contribution in [-0.2, 0) is 9.53 Å². The molecule has 0 atom stereocenters. The Kier molecular flexibility index (Phi) is 5.64. The van der Waals surface area contributed by atoms with Gasteiger partial charge in [0.25, 0.3) is 0 Å². The number of hydrogen-bond acceptors (Lipinski definition) is 6. The van der Waals surface area contributed by atoms with E-state index in [1.165, 1.54) is 19.3 Å². The van der Waals surface area contributed by atoms with Crippen molar-refractivity contribution < 1.29 is 19.2 Å². The number of nitrogens with zero attached hydrogens (tertiary/aromatic N) is 2. The lowest BCUT2D eigenvalue weighted by atomic mass is 10.2. The van der Waals surface area contributed by atoms with Crippen LogP contribution in [0, 0.1) is 17.0 Å². The third-order valence-corrected chi connectivity index (χ3v) is 2.55. The summed E-state index contributed by atoms with van der Waals surface area (Å²) in [7, 11) is 1.29. The maximum atomic E-state index is 11.3. The highest BCUT2D eigenvalue weighted by Crippen LogP contribution is 2.24. The van der Waals surface area contributed by atoms with E-state index in [0.29, 0.717) is 17.7 Å². The molecule has 1 rings (SSSR count). The standard InChI is InChI=1S/C13H16N2O5/c1-4-10(13(16)19-3)7-8-20-11-6-5-9(2)14-12(11)15(17)18/h5-7H,4,8H2,1-3H3. The van der Waals surface area contributed by atoms with E-state index in [1.807, 2.05) is 0 Å². The predicted octanol–water partition coefficient (Wildman–Crippen LogP) is 2.19. The molecular weight excluding hydrogens is 264 g/mol. The van der Waals surface area contributed by atoms with Gasteiger partial charge in [0.05, 0.1) is 7.11 Å². The van der Waals surface area contributed by atoms with E-state index in [2.05, 4.69) is 9.72 Å². The first-order valence-electron chi connectivity index (χ1n) is 6.01. The van der Waals surface area contributed by atoms with Crippen molar-refractivity contribution >= 4 is 11.8 Å². The Hall–Kier alpha value is -2.44. The van der Waals surface area contributed by atoms with Gasteiger partial charge in [0, 0.05) is 12.5 Å². The Morgan fingerprint density at radius 2 is 2.20 bits per heavy atom. The topological polar surface area (TPSA) is 91.6 Å². The molecule has 0 unspecified atom stereocenters. The van der Waals surface area contributed by atoms with Crippen molar-refractivity contribution in [3.63, 3.8) is 0 Å². The number of carbonyl (C=O) groups is 1. The number of pyridine rings is 1. The SMILES string of the molecule is CCC(=CCOc1ccc(C)nc1[N+](=O)[O-])C(=O)OC. The second-order valence-electron chi connectivity index (χ2n) is 3.92. The molecular formula is C13H16N2O5. The fraction of sp³-hybridized carbons (Fsp3) is 0.385. The Morgan fingerprint density at radius 3 is 2.75 bits per heavy atom. The smallest absolute Gasteiger partial charge is 0.406 e. The van der Waals surface area contributed by atoms with Crippen molar-refractivity contribution in [2.24, 2.45) is 0 Å². The average Bonchev–Trinajstić information content (AvgIpc) is 2.44. The summed E-state index contributed by atoms with van der Waals surface area (Å²) in [6.07, 6.45) is 2.03. The van der Waals surface area contributed by atoms with Gasteiger partial charge in [-0.2, -0.15) is 0 Å². The first-order chi connectivity index (χ1) is 9.49. The molecule has 0 saturated carbocycles. The van der Waals surface area contributed by atoms with E-state index < -0.39 is 10.9 Å². The average molecular weight is 280 g/mol. The molecule has 0 radical (unpaired) electrons. The molecule has 0 saturated heterocycles. The normalized spacial score (nSPS) is 11.1.